The molecule has 1 aromatic rings. The van der Waals surface area contributed by atoms with Crippen molar-refractivity contribution in [3.05, 3.63) is 23.8 Å². The Morgan fingerprint density at radius 3 is 2.87 bits per heavy atom. The van der Waals surface area contributed by atoms with Crippen LogP contribution in [0.2, 0.25) is 0 Å². The van der Waals surface area contributed by atoms with Crippen molar-refractivity contribution in [1.29, 1.82) is 0 Å². The van der Waals surface area contributed by atoms with Crippen LogP contribution in [0.15, 0.2) is 18.2 Å². The Morgan fingerprint density at radius 2 is 2.27 bits per heavy atom. The van der Waals surface area contributed by atoms with Crippen molar-refractivity contribution in [2.75, 3.05) is 18.5 Å². The summed E-state index contributed by atoms with van der Waals surface area (Å²) in [5, 5.41) is 12.0. The summed E-state index contributed by atoms with van der Waals surface area (Å²) in [6, 6.07) is 4.99. The van der Waals surface area contributed by atoms with Crippen molar-refractivity contribution in [2.24, 2.45) is 0 Å². The first-order chi connectivity index (χ1) is 7.13. The molecule has 0 aliphatic heterocycles. The number of anilines is 1. The third-order valence-electron chi connectivity index (χ3n) is 1.93. The van der Waals surface area contributed by atoms with Gasteiger partial charge in [-0.05, 0) is 25.5 Å². The number of rotatable bonds is 4. The number of aryl methyl sites for hydroxylation is 1. The first-order valence-electron chi connectivity index (χ1n) is 4.80. The van der Waals surface area contributed by atoms with E-state index in [1.165, 1.54) is 6.07 Å². The second-order valence-corrected chi connectivity index (χ2v) is 3.19. The highest BCUT2D eigenvalue weighted by molar-refractivity contribution is 5.91. The Labute approximate surface area is 88.9 Å². The van der Waals surface area contributed by atoms with Crippen LogP contribution in [-0.4, -0.2) is 24.2 Å². The summed E-state index contributed by atoms with van der Waals surface area (Å²) >= 11 is 0. The molecule has 1 rings (SSSR count). The van der Waals surface area contributed by atoms with Crippen molar-refractivity contribution >= 4 is 11.6 Å². The van der Waals surface area contributed by atoms with Gasteiger partial charge in [-0.15, -0.1) is 0 Å². The smallest absolute Gasteiger partial charge is 0.250 e. The third-order valence-corrected chi connectivity index (χ3v) is 1.93. The number of carbonyl (C=O) groups is 1. The predicted octanol–water partition coefficient (Wildman–Crippen LogP) is 1.68. The number of ether oxygens (including phenoxy) is 1. The molecule has 0 atom stereocenters. The number of hydrogen-bond donors (Lipinski definition) is 2. The van der Waals surface area contributed by atoms with E-state index in [4.69, 9.17) is 4.74 Å². The van der Waals surface area contributed by atoms with Crippen LogP contribution in [0.3, 0.4) is 0 Å². The lowest BCUT2D eigenvalue weighted by Crippen LogP contribution is -2.18. The number of benzene rings is 1. The molecule has 0 spiro atoms. The molecular formula is C11H15NO3. The van der Waals surface area contributed by atoms with E-state index in [9.17, 15) is 9.90 Å². The van der Waals surface area contributed by atoms with Crippen molar-refractivity contribution in [3.8, 4) is 5.75 Å². The van der Waals surface area contributed by atoms with E-state index in [0.717, 1.165) is 5.56 Å². The fourth-order valence-corrected chi connectivity index (χ4v) is 1.08. The molecular weight excluding hydrogens is 194 g/mol. The Kier molecular flexibility index (Phi) is 4.12. The number of aromatic hydroxyl groups is 1. The van der Waals surface area contributed by atoms with Gasteiger partial charge < -0.3 is 15.2 Å². The van der Waals surface area contributed by atoms with Crippen LogP contribution in [0, 0.1) is 6.92 Å². The Morgan fingerprint density at radius 1 is 1.53 bits per heavy atom. The highest BCUT2D eigenvalue weighted by Crippen LogP contribution is 2.20. The Bertz CT molecular complexity index is 350. The molecule has 82 valence electrons. The molecule has 0 unspecified atom stereocenters. The van der Waals surface area contributed by atoms with Crippen LogP contribution in [0.4, 0.5) is 5.69 Å². The van der Waals surface area contributed by atoms with Gasteiger partial charge in [0.2, 0.25) is 5.91 Å². The number of phenols is 1. The summed E-state index contributed by atoms with van der Waals surface area (Å²) in [7, 11) is 0. The summed E-state index contributed by atoms with van der Waals surface area (Å²) < 4.78 is 4.95. The lowest BCUT2D eigenvalue weighted by Gasteiger charge is -2.06. The van der Waals surface area contributed by atoms with E-state index in [2.05, 4.69) is 5.32 Å². The van der Waals surface area contributed by atoms with Crippen LogP contribution >= 0.6 is 0 Å². The molecule has 4 nitrogen and oxygen atoms in total. The average molecular weight is 209 g/mol. The Balaban J connectivity index is 2.57. The van der Waals surface area contributed by atoms with E-state index in [1.807, 2.05) is 6.92 Å². The first kappa shape index (κ1) is 11.5. The fourth-order valence-electron chi connectivity index (χ4n) is 1.08. The lowest BCUT2D eigenvalue weighted by molar-refractivity contribution is -0.120. The summed E-state index contributed by atoms with van der Waals surface area (Å²) in [5.74, 6) is -0.0516. The summed E-state index contributed by atoms with van der Waals surface area (Å²) in [6.45, 7) is 4.16. The minimum absolute atomic E-state index is 0.0329. The van der Waals surface area contributed by atoms with Crippen LogP contribution in [0.1, 0.15) is 12.5 Å². The van der Waals surface area contributed by atoms with Gasteiger partial charge in [0.1, 0.15) is 12.4 Å². The van der Waals surface area contributed by atoms with Gasteiger partial charge in [0.05, 0.1) is 0 Å². The molecule has 0 heterocycles. The van der Waals surface area contributed by atoms with Crippen LogP contribution < -0.4 is 5.32 Å². The fraction of sp³-hybridized carbons (Fsp3) is 0.364. The second-order valence-electron chi connectivity index (χ2n) is 3.19. The second kappa shape index (κ2) is 5.36. The van der Waals surface area contributed by atoms with Gasteiger partial charge in [0.25, 0.3) is 0 Å². The van der Waals surface area contributed by atoms with E-state index in [0.29, 0.717) is 12.3 Å². The molecule has 1 amide bonds. The minimum atomic E-state index is -0.222. The molecule has 4 heteroatoms. The van der Waals surface area contributed by atoms with Crippen LogP contribution in [0.25, 0.3) is 0 Å². The predicted molar refractivity (Wildman–Crippen MR) is 58.0 cm³/mol. The maximum atomic E-state index is 11.2. The van der Waals surface area contributed by atoms with Gasteiger partial charge in [-0.25, -0.2) is 0 Å². The zero-order valence-corrected chi connectivity index (χ0v) is 8.91. The zero-order chi connectivity index (χ0) is 11.3. The summed E-state index contributed by atoms with van der Waals surface area (Å²) in [5.41, 5.74) is 1.35. The molecule has 0 radical (unpaired) electrons. The normalized spacial score (nSPS) is 10.0. The molecule has 0 saturated carbocycles. The van der Waals surface area contributed by atoms with Gasteiger partial charge in [0, 0.05) is 18.4 Å². The topological polar surface area (TPSA) is 58.6 Å². The minimum Gasteiger partial charge on any atom is -0.508 e. The largest absolute Gasteiger partial charge is 0.508 e. The van der Waals surface area contributed by atoms with E-state index >= 15 is 0 Å². The molecule has 0 bridgehead atoms. The van der Waals surface area contributed by atoms with Gasteiger partial charge in [-0.1, -0.05) is 6.07 Å². The number of carbonyl (C=O) groups excluding carboxylic acids is 1. The first-order valence-corrected chi connectivity index (χ1v) is 4.80. The summed E-state index contributed by atoms with van der Waals surface area (Å²) in [4.78, 5) is 11.2. The molecule has 1 aromatic carbocycles. The number of phenolic OH excluding ortho intramolecular Hbond substituents is 1. The van der Waals surface area contributed by atoms with Crippen molar-refractivity contribution in [3.63, 3.8) is 0 Å². The SMILES string of the molecule is CCOCC(=O)Nc1ccc(C)c(O)c1. The zero-order valence-electron chi connectivity index (χ0n) is 8.91. The Hall–Kier alpha value is -1.55. The van der Waals surface area contributed by atoms with Crippen LogP contribution in [-0.2, 0) is 9.53 Å². The highest BCUT2D eigenvalue weighted by atomic mass is 16.5. The lowest BCUT2D eigenvalue weighted by atomic mass is 10.2. The molecule has 15 heavy (non-hydrogen) atoms. The van der Waals surface area contributed by atoms with Crippen molar-refractivity contribution in [1.82, 2.24) is 0 Å². The molecule has 0 aliphatic carbocycles. The molecule has 0 saturated heterocycles. The maximum Gasteiger partial charge on any atom is 0.250 e. The van der Waals surface area contributed by atoms with Gasteiger partial charge in [0.15, 0.2) is 0 Å². The van der Waals surface area contributed by atoms with E-state index in [1.54, 1.807) is 19.1 Å². The maximum absolute atomic E-state index is 11.2. The highest BCUT2D eigenvalue weighted by Gasteiger charge is 2.03. The monoisotopic (exact) mass is 209 g/mol. The van der Waals surface area contributed by atoms with Gasteiger partial charge in [-0.2, -0.15) is 0 Å². The average Bonchev–Trinajstić information content (AvgIpc) is 2.20. The number of amides is 1. The van der Waals surface area contributed by atoms with E-state index < -0.39 is 0 Å². The molecule has 0 aromatic heterocycles. The van der Waals surface area contributed by atoms with Crippen LogP contribution in [0.5, 0.6) is 5.75 Å². The standard InChI is InChI=1S/C11H15NO3/c1-3-15-7-11(14)12-9-5-4-8(2)10(13)6-9/h4-6,13H,3,7H2,1-2H3,(H,12,14). The number of hydrogen-bond acceptors (Lipinski definition) is 3. The molecule has 2 N–H and O–H groups in total. The van der Waals surface area contributed by atoms with Gasteiger partial charge >= 0.3 is 0 Å². The third kappa shape index (κ3) is 3.59. The van der Waals surface area contributed by atoms with E-state index in [-0.39, 0.29) is 18.3 Å². The summed E-state index contributed by atoms with van der Waals surface area (Å²) in [6.07, 6.45) is 0. The molecule has 0 fully saturated rings. The molecule has 0 aliphatic rings. The van der Waals surface area contributed by atoms with Crippen molar-refractivity contribution in [2.45, 2.75) is 13.8 Å². The van der Waals surface area contributed by atoms with Crippen molar-refractivity contribution < 1.29 is 14.6 Å². The van der Waals surface area contributed by atoms with Gasteiger partial charge in [-0.3, -0.25) is 4.79 Å². The number of nitrogens with one attached hydrogen (secondary N) is 1. The quantitative estimate of drug-likeness (QED) is 0.793.